The smallest absolute Gasteiger partial charge is 0.234 e. The summed E-state index contributed by atoms with van der Waals surface area (Å²) in [6.07, 6.45) is 0. The molecule has 0 aliphatic rings. The van der Waals surface area contributed by atoms with Crippen LogP contribution in [0.3, 0.4) is 0 Å². The molecule has 0 aliphatic heterocycles. The predicted octanol–water partition coefficient (Wildman–Crippen LogP) is -0.909. The molecule has 0 fully saturated rings. The fourth-order valence-corrected chi connectivity index (χ4v) is 0.514. The van der Waals surface area contributed by atoms with Gasteiger partial charge in [0, 0.05) is 13.1 Å². The van der Waals surface area contributed by atoms with E-state index < -0.39 is 0 Å². The monoisotopic (exact) mass is 181 g/mol. The summed E-state index contributed by atoms with van der Waals surface area (Å²) in [6, 6.07) is -0.228. The SMILES string of the molecule is CNCCN[C@H](C)C(N)=O.Cl. The van der Waals surface area contributed by atoms with Crippen molar-refractivity contribution in [2.75, 3.05) is 20.1 Å². The molecule has 68 valence electrons. The van der Waals surface area contributed by atoms with Crippen LogP contribution in [0.5, 0.6) is 0 Å². The molecule has 11 heavy (non-hydrogen) atoms. The molecule has 0 bridgehead atoms. The number of amides is 1. The van der Waals surface area contributed by atoms with Crippen molar-refractivity contribution in [1.29, 1.82) is 0 Å². The zero-order valence-electron chi connectivity index (χ0n) is 6.89. The van der Waals surface area contributed by atoms with Crippen LogP contribution in [0.2, 0.25) is 0 Å². The maximum absolute atomic E-state index is 10.4. The maximum atomic E-state index is 10.4. The summed E-state index contributed by atoms with van der Waals surface area (Å²) in [5, 5.41) is 5.89. The molecular formula is C6H16ClN3O. The fourth-order valence-electron chi connectivity index (χ4n) is 0.514. The van der Waals surface area contributed by atoms with Gasteiger partial charge in [0.1, 0.15) is 0 Å². The summed E-state index contributed by atoms with van der Waals surface area (Å²) in [7, 11) is 1.86. The molecule has 1 amide bonds. The van der Waals surface area contributed by atoms with E-state index in [4.69, 9.17) is 5.73 Å². The Labute approximate surface area is 73.3 Å². The molecule has 0 heterocycles. The zero-order chi connectivity index (χ0) is 7.98. The zero-order valence-corrected chi connectivity index (χ0v) is 7.70. The molecular weight excluding hydrogens is 166 g/mol. The first kappa shape index (κ1) is 13.3. The lowest BCUT2D eigenvalue weighted by molar-refractivity contribution is -0.119. The van der Waals surface area contributed by atoms with Crippen LogP contribution in [0.1, 0.15) is 6.92 Å². The van der Waals surface area contributed by atoms with Crippen molar-refractivity contribution in [2.45, 2.75) is 13.0 Å². The van der Waals surface area contributed by atoms with Crippen LogP contribution in [0, 0.1) is 0 Å². The second-order valence-corrected chi connectivity index (χ2v) is 2.18. The second kappa shape index (κ2) is 7.78. The molecule has 0 unspecified atom stereocenters. The van der Waals surface area contributed by atoms with E-state index in [2.05, 4.69) is 10.6 Å². The molecule has 1 atom stereocenters. The Morgan fingerprint density at radius 2 is 2.09 bits per heavy atom. The number of carbonyl (C=O) groups is 1. The van der Waals surface area contributed by atoms with Gasteiger partial charge < -0.3 is 16.4 Å². The number of nitrogens with one attached hydrogen (secondary N) is 2. The number of primary amides is 1. The third kappa shape index (κ3) is 7.58. The van der Waals surface area contributed by atoms with E-state index in [9.17, 15) is 4.79 Å². The van der Waals surface area contributed by atoms with Gasteiger partial charge in [-0.15, -0.1) is 12.4 Å². The quantitative estimate of drug-likeness (QED) is 0.482. The van der Waals surface area contributed by atoms with Gasteiger partial charge in [0.2, 0.25) is 5.91 Å². The van der Waals surface area contributed by atoms with Crippen LogP contribution in [-0.2, 0) is 4.79 Å². The second-order valence-electron chi connectivity index (χ2n) is 2.18. The van der Waals surface area contributed by atoms with E-state index in [1.165, 1.54) is 0 Å². The number of nitrogens with two attached hydrogens (primary N) is 1. The molecule has 4 N–H and O–H groups in total. The predicted molar refractivity (Wildman–Crippen MR) is 47.8 cm³/mol. The third-order valence-corrected chi connectivity index (χ3v) is 1.25. The lowest BCUT2D eigenvalue weighted by atomic mass is 10.3. The van der Waals surface area contributed by atoms with Crippen LogP contribution in [0.4, 0.5) is 0 Å². The van der Waals surface area contributed by atoms with Gasteiger partial charge in [-0.3, -0.25) is 4.79 Å². The number of hydrogen-bond donors (Lipinski definition) is 3. The van der Waals surface area contributed by atoms with E-state index in [1.54, 1.807) is 6.92 Å². The highest BCUT2D eigenvalue weighted by Crippen LogP contribution is 1.75. The summed E-state index contributed by atoms with van der Waals surface area (Å²) >= 11 is 0. The number of rotatable bonds is 5. The van der Waals surface area contributed by atoms with Gasteiger partial charge in [-0.1, -0.05) is 0 Å². The topological polar surface area (TPSA) is 67.2 Å². The Bertz CT molecular complexity index is 110. The molecule has 0 saturated heterocycles. The average molecular weight is 182 g/mol. The average Bonchev–Trinajstić information content (AvgIpc) is 1.88. The van der Waals surface area contributed by atoms with E-state index in [1.807, 2.05) is 7.05 Å². The molecule has 0 aromatic carbocycles. The molecule has 0 aliphatic carbocycles. The summed E-state index contributed by atoms with van der Waals surface area (Å²) in [4.78, 5) is 10.4. The summed E-state index contributed by atoms with van der Waals surface area (Å²) in [6.45, 7) is 3.36. The van der Waals surface area contributed by atoms with Crippen molar-refractivity contribution in [2.24, 2.45) is 5.73 Å². The van der Waals surface area contributed by atoms with E-state index in [0.29, 0.717) is 0 Å². The minimum Gasteiger partial charge on any atom is -0.368 e. The first-order chi connectivity index (χ1) is 4.68. The minimum absolute atomic E-state index is 0. The Hall–Kier alpha value is -0.320. The largest absolute Gasteiger partial charge is 0.368 e. The molecule has 0 saturated carbocycles. The number of hydrogen-bond acceptors (Lipinski definition) is 3. The normalized spacial score (nSPS) is 11.8. The lowest BCUT2D eigenvalue weighted by Gasteiger charge is -2.08. The van der Waals surface area contributed by atoms with E-state index >= 15 is 0 Å². The molecule has 4 nitrogen and oxygen atoms in total. The van der Waals surface area contributed by atoms with Gasteiger partial charge in [0.15, 0.2) is 0 Å². The van der Waals surface area contributed by atoms with Crippen molar-refractivity contribution < 1.29 is 4.79 Å². The van der Waals surface area contributed by atoms with E-state index in [-0.39, 0.29) is 24.4 Å². The third-order valence-electron chi connectivity index (χ3n) is 1.25. The summed E-state index contributed by atoms with van der Waals surface area (Å²) in [5.41, 5.74) is 5.00. The van der Waals surface area contributed by atoms with Gasteiger partial charge in [-0.25, -0.2) is 0 Å². The van der Waals surface area contributed by atoms with Crippen LogP contribution < -0.4 is 16.4 Å². The highest BCUT2D eigenvalue weighted by Gasteiger charge is 2.04. The molecule has 0 aromatic rings. The highest BCUT2D eigenvalue weighted by atomic mass is 35.5. The summed E-state index contributed by atoms with van der Waals surface area (Å²) < 4.78 is 0. The van der Waals surface area contributed by atoms with Gasteiger partial charge in [0.05, 0.1) is 6.04 Å². The first-order valence-electron chi connectivity index (χ1n) is 3.35. The fraction of sp³-hybridized carbons (Fsp3) is 0.833. The Morgan fingerprint density at radius 3 is 2.45 bits per heavy atom. The Balaban J connectivity index is 0. The molecule has 0 aromatic heterocycles. The summed E-state index contributed by atoms with van der Waals surface area (Å²) in [5.74, 6) is -0.309. The van der Waals surface area contributed by atoms with Crippen LogP contribution in [0.25, 0.3) is 0 Å². The Morgan fingerprint density at radius 1 is 1.55 bits per heavy atom. The molecule has 0 radical (unpaired) electrons. The van der Waals surface area contributed by atoms with Gasteiger partial charge >= 0.3 is 0 Å². The highest BCUT2D eigenvalue weighted by molar-refractivity contribution is 5.85. The number of halogens is 1. The standard InChI is InChI=1S/C6H15N3O.ClH/c1-5(6(7)10)9-4-3-8-2;/h5,8-9H,3-4H2,1-2H3,(H2,7,10);1H/t5-;/m1./s1. The van der Waals surface area contributed by atoms with Crippen molar-refractivity contribution in [3.8, 4) is 0 Å². The van der Waals surface area contributed by atoms with Crippen molar-refractivity contribution in [3.05, 3.63) is 0 Å². The Kier molecular flexibility index (Phi) is 9.40. The first-order valence-corrected chi connectivity index (χ1v) is 3.35. The lowest BCUT2D eigenvalue weighted by Crippen LogP contribution is -2.41. The van der Waals surface area contributed by atoms with Crippen LogP contribution >= 0.6 is 12.4 Å². The molecule has 0 spiro atoms. The number of likely N-dealkylation sites (N-methyl/N-ethyl adjacent to an activating group) is 1. The minimum atomic E-state index is -0.309. The van der Waals surface area contributed by atoms with Gasteiger partial charge in [0.25, 0.3) is 0 Å². The van der Waals surface area contributed by atoms with Gasteiger partial charge in [-0.05, 0) is 14.0 Å². The van der Waals surface area contributed by atoms with Crippen molar-refractivity contribution in [1.82, 2.24) is 10.6 Å². The van der Waals surface area contributed by atoms with Crippen molar-refractivity contribution >= 4 is 18.3 Å². The van der Waals surface area contributed by atoms with Gasteiger partial charge in [-0.2, -0.15) is 0 Å². The molecule has 0 rings (SSSR count). The van der Waals surface area contributed by atoms with Crippen LogP contribution in [0.15, 0.2) is 0 Å². The van der Waals surface area contributed by atoms with Crippen molar-refractivity contribution in [3.63, 3.8) is 0 Å². The van der Waals surface area contributed by atoms with Crippen LogP contribution in [-0.4, -0.2) is 32.1 Å². The number of carbonyl (C=O) groups excluding carboxylic acids is 1. The maximum Gasteiger partial charge on any atom is 0.234 e. The molecule has 5 heteroatoms. The van der Waals surface area contributed by atoms with E-state index in [0.717, 1.165) is 13.1 Å².